The van der Waals surface area contributed by atoms with Crippen LogP contribution in [0.3, 0.4) is 0 Å². The molecule has 1 fully saturated rings. The Bertz CT molecular complexity index is 408. The maximum atomic E-state index is 13.1. The Morgan fingerprint density at radius 1 is 1.50 bits per heavy atom. The van der Waals surface area contributed by atoms with Crippen LogP contribution in [0.5, 0.6) is 0 Å². The highest BCUT2D eigenvalue weighted by Gasteiger charge is 2.35. The average Bonchev–Trinajstić information content (AvgIpc) is 2.55. The SMILES string of the molecule is CCN1C(=O)C(C)NC1c1cccc(F)c1. The first-order chi connectivity index (χ1) is 7.63. The smallest absolute Gasteiger partial charge is 0.241 e. The molecule has 1 aromatic carbocycles. The number of hydrogen-bond acceptors (Lipinski definition) is 2. The van der Waals surface area contributed by atoms with Gasteiger partial charge < -0.3 is 4.90 Å². The summed E-state index contributed by atoms with van der Waals surface area (Å²) in [5, 5.41) is 3.16. The lowest BCUT2D eigenvalue weighted by atomic mass is 10.1. The molecule has 1 heterocycles. The molecule has 2 unspecified atom stereocenters. The molecule has 1 saturated heterocycles. The zero-order valence-corrected chi connectivity index (χ0v) is 9.40. The number of nitrogens with one attached hydrogen (secondary N) is 1. The molecule has 0 aliphatic carbocycles. The number of hydrogen-bond donors (Lipinski definition) is 1. The summed E-state index contributed by atoms with van der Waals surface area (Å²) in [4.78, 5) is 13.5. The zero-order chi connectivity index (χ0) is 11.7. The molecule has 1 aromatic rings. The quantitative estimate of drug-likeness (QED) is 0.825. The van der Waals surface area contributed by atoms with E-state index in [0.717, 1.165) is 5.56 Å². The van der Waals surface area contributed by atoms with Gasteiger partial charge in [-0.2, -0.15) is 0 Å². The first-order valence-electron chi connectivity index (χ1n) is 5.45. The highest BCUT2D eigenvalue weighted by atomic mass is 19.1. The molecule has 0 aromatic heterocycles. The van der Waals surface area contributed by atoms with Crippen LogP contribution >= 0.6 is 0 Å². The minimum absolute atomic E-state index is 0.0664. The first-order valence-corrected chi connectivity index (χ1v) is 5.45. The maximum absolute atomic E-state index is 13.1. The van der Waals surface area contributed by atoms with E-state index in [0.29, 0.717) is 6.54 Å². The lowest BCUT2D eigenvalue weighted by Gasteiger charge is -2.22. The number of benzene rings is 1. The van der Waals surface area contributed by atoms with E-state index >= 15 is 0 Å². The Morgan fingerprint density at radius 2 is 2.25 bits per heavy atom. The van der Waals surface area contributed by atoms with Crippen LogP contribution in [0.4, 0.5) is 4.39 Å². The number of carbonyl (C=O) groups excluding carboxylic acids is 1. The monoisotopic (exact) mass is 222 g/mol. The van der Waals surface area contributed by atoms with Crippen LogP contribution in [0.15, 0.2) is 24.3 Å². The second-order valence-corrected chi connectivity index (χ2v) is 3.97. The Hall–Kier alpha value is -1.42. The molecule has 0 radical (unpaired) electrons. The van der Waals surface area contributed by atoms with E-state index in [9.17, 15) is 9.18 Å². The van der Waals surface area contributed by atoms with E-state index in [1.54, 1.807) is 11.0 Å². The van der Waals surface area contributed by atoms with E-state index in [1.807, 2.05) is 19.9 Å². The molecule has 3 nitrogen and oxygen atoms in total. The summed E-state index contributed by atoms with van der Waals surface area (Å²) in [5.74, 6) is -0.209. The van der Waals surface area contributed by atoms with E-state index < -0.39 is 0 Å². The molecule has 1 N–H and O–H groups in total. The third kappa shape index (κ3) is 1.80. The van der Waals surface area contributed by atoms with Gasteiger partial charge in [-0.15, -0.1) is 0 Å². The molecule has 0 saturated carbocycles. The zero-order valence-electron chi connectivity index (χ0n) is 9.40. The summed E-state index contributed by atoms with van der Waals surface area (Å²) in [6, 6.07) is 6.15. The van der Waals surface area contributed by atoms with Crippen molar-refractivity contribution in [2.45, 2.75) is 26.1 Å². The van der Waals surface area contributed by atoms with Gasteiger partial charge in [0.05, 0.1) is 6.04 Å². The molecule has 16 heavy (non-hydrogen) atoms. The van der Waals surface area contributed by atoms with Crippen molar-refractivity contribution in [3.63, 3.8) is 0 Å². The van der Waals surface area contributed by atoms with E-state index in [2.05, 4.69) is 5.32 Å². The number of amides is 1. The van der Waals surface area contributed by atoms with Crippen LogP contribution in [0, 0.1) is 5.82 Å². The van der Waals surface area contributed by atoms with Gasteiger partial charge in [-0.05, 0) is 31.5 Å². The van der Waals surface area contributed by atoms with E-state index in [4.69, 9.17) is 0 Å². The van der Waals surface area contributed by atoms with Gasteiger partial charge in [0, 0.05) is 6.54 Å². The first kappa shape index (κ1) is 11.1. The van der Waals surface area contributed by atoms with Crippen molar-refractivity contribution in [2.24, 2.45) is 0 Å². The van der Waals surface area contributed by atoms with Crippen LogP contribution in [0.1, 0.15) is 25.6 Å². The van der Waals surface area contributed by atoms with Gasteiger partial charge in [-0.1, -0.05) is 12.1 Å². The standard InChI is InChI=1S/C12H15FN2O/c1-3-15-11(14-8(2)12(15)16)9-5-4-6-10(13)7-9/h4-8,11,14H,3H2,1-2H3. The lowest BCUT2D eigenvalue weighted by molar-refractivity contribution is -0.129. The fraction of sp³-hybridized carbons (Fsp3) is 0.417. The predicted molar refractivity (Wildman–Crippen MR) is 59.1 cm³/mol. The van der Waals surface area contributed by atoms with Crippen LogP contribution in [-0.4, -0.2) is 23.4 Å². The Balaban J connectivity index is 2.30. The minimum atomic E-state index is -0.276. The van der Waals surface area contributed by atoms with Crippen molar-refractivity contribution in [1.82, 2.24) is 10.2 Å². The topological polar surface area (TPSA) is 32.3 Å². The normalized spacial score (nSPS) is 25.2. The molecule has 4 heteroatoms. The largest absolute Gasteiger partial charge is 0.322 e. The Morgan fingerprint density at radius 3 is 2.88 bits per heavy atom. The number of likely N-dealkylation sites (N-methyl/N-ethyl adjacent to an activating group) is 1. The third-order valence-electron chi connectivity index (χ3n) is 2.88. The molecular weight excluding hydrogens is 207 g/mol. The molecule has 1 aliphatic heterocycles. The number of carbonyl (C=O) groups is 1. The second kappa shape index (κ2) is 4.22. The van der Waals surface area contributed by atoms with Gasteiger partial charge in [0.1, 0.15) is 12.0 Å². The predicted octanol–water partition coefficient (Wildman–Crippen LogP) is 1.66. The second-order valence-electron chi connectivity index (χ2n) is 3.97. The fourth-order valence-corrected chi connectivity index (χ4v) is 2.07. The van der Waals surface area contributed by atoms with Crippen molar-refractivity contribution in [3.05, 3.63) is 35.6 Å². The summed E-state index contributed by atoms with van der Waals surface area (Å²) < 4.78 is 13.1. The highest BCUT2D eigenvalue weighted by Crippen LogP contribution is 2.25. The van der Waals surface area contributed by atoms with Crippen LogP contribution < -0.4 is 5.32 Å². The fourth-order valence-electron chi connectivity index (χ4n) is 2.07. The van der Waals surface area contributed by atoms with Crippen molar-refractivity contribution in [1.29, 1.82) is 0 Å². The maximum Gasteiger partial charge on any atom is 0.241 e. The van der Waals surface area contributed by atoms with Crippen molar-refractivity contribution in [3.8, 4) is 0 Å². The molecular formula is C12H15FN2O. The van der Waals surface area contributed by atoms with Crippen molar-refractivity contribution < 1.29 is 9.18 Å². The van der Waals surface area contributed by atoms with Gasteiger partial charge in [0.25, 0.3) is 0 Å². The molecule has 0 spiro atoms. The van der Waals surface area contributed by atoms with Crippen LogP contribution in [0.2, 0.25) is 0 Å². The molecule has 0 bridgehead atoms. The summed E-state index contributed by atoms with van der Waals surface area (Å²) in [6.07, 6.45) is -0.205. The van der Waals surface area contributed by atoms with Crippen LogP contribution in [0.25, 0.3) is 0 Å². The van der Waals surface area contributed by atoms with Gasteiger partial charge >= 0.3 is 0 Å². The minimum Gasteiger partial charge on any atom is -0.322 e. The molecule has 1 aliphatic rings. The highest BCUT2D eigenvalue weighted by molar-refractivity contribution is 5.84. The number of nitrogens with zero attached hydrogens (tertiary/aromatic N) is 1. The van der Waals surface area contributed by atoms with E-state index in [-0.39, 0.29) is 23.9 Å². The Labute approximate surface area is 94.3 Å². The molecule has 86 valence electrons. The average molecular weight is 222 g/mol. The van der Waals surface area contributed by atoms with Crippen LogP contribution in [-0.2, 0) is 4.79 Å². The van der Waals surface area contributed by atoms with E-state index in [1.165, 1.54) is 12.1 Å². The molecule has 2 rings (SSSR count). The van der Waals surface area contributed by atoms with Crippen molar-refractivity contribution in [2.75, 3.05) is 6.54 Å². The van der Waals surface area contributed by atoms with Gasteiger partial charge in [-0.25, -0.2) is 4.39 Å². The van der Waals surface area contributed by atoms with Gasteiger partial charge in [0.2, 0.25) is 5.91 Å². The summed E-state index contributed by atoms with van der Waals surface area (Å²) in [7, 11) is 0. The number of halogens is 1. The summed E-state index contributed by atoms with van der Waals surface area (Å²) in [6.45, 7) is 4.37. The summed E-state index contributed by atoms with van der Waals surface area (Å²) >= 11 is 0. The van der Waals surface area contributed by atoms with Gasteiger partial charge in [0.15, 0.2) is 0 Å². The van der Waals surface area contributed by atoms with Crippen molar-refractivity contribution >= 4 is 5.91 Å². The lowest BCUT2D eigenvalue weighted by Crippen LogP contribution is -2.30. The summed E-state index contributed by atoms with van der Waals surface area (Å²) in [5.41, 5.74) is 0.791. The molecule has 2 atom stereocenters. The molecule has 1 amide bonds. The van der Waals surface area contributed by atoms with Gasteiger partial charge in [-0.3, -0.25) is 10.1 Å². The Kier molecular flexibility index (Phi) is 2.92. The number of rotatable bonds is 2. The third-order valence-corrected chi connectivity index (χ3v) is 2.88.